The molecule has 0 radical (unpaired) electrons. The summed E-state index contributed by atoms with van der Waals surface area (Å²) in [6, 6.07) is 17.0. The molecule has 0 saturated carbocycles. The van der Waals surface area contributed by atoms with Crippen LogP contribution in [-0.4, -0.2) is 30.8 Å². The Hall–Kier alpha value is -2.68. The van der Waals surface area contributed by atoms with E-state index in [1.165, 1.54) is 28.9 Å². The van der Waals surface area contributed by atoms with Gasteiger partial charge in [0.1, 0.15) is 5.75 Å². The third-order valence-corrected chi connectivity index (χ3v) is 6.77. The third-order valence-electron chi connectivity index (χ3n) is 3.91. The molecular weight excluding hydrogens is 384 g/mol. The van der Waals surface area contributed by atoms with Crippen molar-refractivity contribution in [3.63, 3.8) is 0 Å². The summed E-state index contributed by atoms with van der Waals surface area (Å²) in [4.78, 5) is 12.7. The molecule has 0 aliphatic rings. The fraction of sp³-hybridized carbons (Fsp3) is 0.105. The molecule has 0 fully saturated rings. The highest BCUT2D eigenvalue weighted by Crippen LogP contribution is 2.26. The van der Waals surface area contributed by atoms with Gasteiger partial charge in [0.05, 0.1) is 15.5 Å². The lowest BCUT2D eigenvalue weighted by molar-refractivity contribution is 0.103. The molecule has 27 heavy (non-hydrogen) atoms. The zero-order valence-electron chi connectivity index (χ0n) is 14.5. The SMILES string of the molecule is CN(Cc1ccccc1)S(=O)(=O)c1csc(C(=O)Nc2ccccc2O)c1. The molecule has 2 N–H and O–H groups in total. The monoisotopic (exact) mass is 402 g/mol. The van der Waals surface area contributed by atoms with Crippen LogP contribution in [0.15, 0.2) is 70.9 Å². The highest BCUT2D eigenvalue weighted by atomic mass is 32.2. The number of benzene rings is 2. The molecule has 3 aromatic rings. The van der Waals surface area contributed by atoms with Gasteiger partial charge < -0.3 is 10.4 Å². The molecule has 1 heterocycles. The van der Waals surface area contributed by atoms with Crippen LogP contribution < -0.4 is 5.32 Å². The molecule has 0 spiro atoms. The number of sulfonamides is 1. The number of hydrogen-bond donors (Lipinski definition) is 2. The highest BCUT2D eigenvalue weighted by Gasteiger charge is 2.24. The number of thiophene rings is 1. The Kier molecular flexibility index (Phi) is 5.59. The van der Waals surface area contributed by atoms with Gasteiger partial charge in [-0.2, -0.15) is 4.31 Å². The number of carbonyl (C=O) groups excluding carboxylic acids is 1. The Morgan fingerprint density at radius 2 is 1.78 bits per heavy atom. The summed E-state index contributed by atoms with van der Waals surface area (Å²) < 4.78 is 26.7. The zero-order chi connectivity index (χ0) is 19.4. The molecular formula is C19H18N2O4S2. The molecule has 0 aliphatic carbocycles. The molecule has 140 valence electrons. The van der Waals surface area contributed by atoms with E-state index in [0.29, 0.717) is 0 Å². The van der Waals surface area contributed by atoms with Gasteiger partial charge in [-0.3, -0.25) is 4.79 Å². The second kappa shape index (κ2) is 7.91. The fourth-order valence-corrected chi connectivity index (χ4v) is 4.76. The smallest absolute Gasteiger partial charge is 0.265 e. The second-order valence-electron chi connectivity index (χ2n) is 5.86. The number of phenols is 1. The van der Waals surface area contributed by atoms with E-state index in [1.807, 2.05) is 30.3 Å². The van der Waals surface area contributed by atoms with Crippen molar-refractivity contribution in [1.29, 1.82) is 0 Å². The van der Waals surface area contributed by atoms with Crippen LogP contribution in [-0.2, 0) is 16.6 Å². The number of aromatic hydroxyl groups is 1. The van der Waals surface area contributed by atoms with Gasteiger partial charge in [0.2, 0.25) is 10.0 Å². The Morgan fingerprint density at radius 1 is 1.11 bits per heavy atom. The van der Waals surface area contributed by atoms with E-state index in [9.17, 15) is 18.3 Å². The summed E-state index contributed by atoms with van der Waals surface area (Å²) in [5, 5.41) is 13.8. The van der Waals surface area contributed by atoms with Crippen LogP contribution in [0.4, 0.5) is 5.69 Å². The van der Waals surface area contributed by atoms with Crippen LogP contribution >= 0.6 is 11.3 Å². The molecule has 0 atom stereocenters. The summed E-state index contributed by atoms with van der Waals surface area (Å²) in [7, 11) is -2.21. The first-order valence-corrected chi connectivity index (χ1v) is 10.4. The van der Waals surface area contributed by atoms with Gasteiger partial charge in [-0.15, -0.1) is 11.3 Å². The van der Waals surface area contributed by atoms with E-state index >= 15 is 0 Å². The van der Waals surface area contributed by atoms with Crippen molar-refractivity contribution < 1.29 is 18.3 Å². The minimum absolute atomic E-state index is 0.0576. The van der Waals surface area contributed by atoms with Crippen molar-refractivity contribution in [2.45, 2.75) is 11.4 Å². The van der Waals surface area contributed by atoms with Crippen molar-refractivity contribution in [3.05, 3.63) is 76.5 Å². The molecule has 0 aliphatic heterocycles. The van der Waals surface area contributed by atoms with E-state index < -0.39 is 15.9 Å². The first-order chi connectivity index (χ1) is 12.9. The topological polar surface area (TPSA) is 86.7 Å². The van der Waals surface area contributed by atoms with Crippen molar-refractivity contribution >= 4 is 33.0 Å². The lowest BCUT2D eigenvalue weighted by Gasteiger charge is -2.16. The van der Waals surface area contributed by atoms with Crippen LogP contribution in [0.1, 0.15) is 15.2 Å². The van der Waals surface area contributed by atoms with Gasteiger partial charge in [-0.05, 0) is 23.8 Å². The van der Waals surface area contributed by atoms with Crippen molar-refractivity contribution in [3.8, 4) is 5.75 Å². The number of anilines is 1. The van der Waals surface area contributed by atoms with Crippen LogP contribution in [0.2, 0.25) is 0 Å². The summed E-state index contributed by atoms with van der Waals surface area (Å²) in [5.74, 6) is -0.536. The van der Waals surface area contributed by atoms with E-state index in [4.69, 9.17) is 0 Å². The Morgan fingerprint density at radius 3 is 2.48 bits per heavy atom. The molecule has 2 aromatic carbocycles. The predicted molar refractivity (Wildman–Crippen MR) is 105 cm³/mol. The molecule has 0 unspecified atom stereocenters. The standard InChI is InChI=1S/C19H18N2O4S2/c1-21(12-14-7-3-2-4-8-14)27(24,25)15-11-18(26-13-15)19(23)20-16-9-5-6-10-17(16)22/h2-11,13,22H,12H2,1H3,(H,20,23). The molecule has 1 aromatic heterocycles. The van der Waals surface area contributed by atoms with E-state index in [1.54, 1.807) is 18.2 Å². The largest absolute Gasteiger partial charge is 0.506 e. The molecule has 3 rings (SSSR count). The Labute approximate surface area is 161 Å². The quantitative estimate of drug-likeness (QED) is 0.618. The van der Waals surface area contributed by atoms with Gasteiger partial charge in [0.15, 0.2) is 0 Å². The maximum Gasteiger partial charge on any atom is 0.265 e. The van der Waals surface area contributed by atoms with E-state index in [0.717, 1.165) is 16.9 Å². The molecule has 0 bridgehead atoms. The van der Waals surface area contributed by atoms with Crippen LogP contribution in [0.25, 0.3) is 0 Å². The average Bonchev–Trinajstić information content (AvgIpc) is 3.15. The Balaban J connectivity index is 1.75. The molecule has 0 saturated heterocycles. The summed E-state index contributed by atoms with van der Waals surface area (Å²) in [6.45, 7) is 0.235. The molecule has 8 heteroatoms. The first-order valence-electron chi connectivity index (χ1n) is 8.06. The molecule has 6 nitrogen and oxygen atoms in total. The average molecular weight is 402 g/mol. The lowest BCUT2D eigenvalue weighted by Crippen LogP contribution is -2.26. The van der Waals surface area contributed by atoms with Gasteiger partial charge in [0.25, 0.3) is 5.91 Å². The van der Waals surface area contributed by atoms with Crippen LogP contribution in [0.5, 0.6) is 5.75 Å². The fourth-order valence-electron chi connectivity index (χ4n) is 2.44. The number of rotatable bonds is 6. The number of amides is 1. The lowest BCUT2D eigenvalue weighted by atomic mass is 10.2. The van der Waals surface area contributed by atoms with Crippen LogP contribution in [0.3, 0.4) is 0 Å². The predicted octanol–water partition coefficient (Wildman–Crippen LogP) is 3.53. The Bertz CT molecular complexity index is 1050. The summed E-state index contributed by atoms with van der Waals surface area (Å²) in [6.07, 6.45) is 0. The molecule has 1 amide bonds. The number of nitrogens with zero attached hydrogens (tertiary/aromatic N) is 1. The van der Waals surface area contributed by atoms with Crippen molar-refractivity contribution in [1.82, 2.24) is 4.31 Å². The maximum absolute atomic E-state index is 12.7. The minimum atomic E-state index is -3.72. The zero-order valence-corrected chi connectivity index (χ0v) is 16.1. The van der Waals surface area contributed by atoms with E-state index in [2.05, 4.69) is 5.32 Å². The van der Waals surface area contributed by atoms with Crippen molar-refractivity contribution in [2.24, 2.45) is 0 Å². The van der Waals surface area contributed by atoms with Crippen LogP contribution in [0, 0.1) is 0 Å². The highest BCUT2D eigenvalue weighted by molar-refractivity contribution is 7.89. The second-order valence-corrected chi connectivity index (χ2v) is 8.82. The third kappa shape index (κ3) is 4.36. The number of phenolic OH excluding ortho intramolecular Hbond substituents is 1. The van der Waals surface area contributed by atoms with Gasteiger partial charge in [0, 0.05) is 19.0 Å². The normalized spacial score (nSPS) is 11.5. The number of hydrogen-bond acceptors (Lipinski definition) is 5. The number of nitrogens with one attached hydrogen (secondary N) is 1. The summed E-state index contributed by atoms with van der Waals surface area (Å²) in [5.41, 5.74) is 1.14. The maximum atomic E-state index is 12.7. The first kappa shape index (κ1) is 19.1. The van der Waals surface area contributed by atoms with Gasteiger partial charge in [-0.25, -0.2) is 8.42 Å². The minimum Gasteiger partial charge on any atom is -0.506 e. The van der Waals surface area contributed by atoms with E-state index in [-0.39, 0.29) is 27.8 Å². The number of para-hydroxylation sites is 2. The van der Waals surface area contributed by atoms with Gasteiger partial charge >= 0.3 is 0 Å². The summed E-state index contributed by atoms with van der Waals surface area (Å²) >= 11 is 1.03. The van der Waals surface area contributed by atoms with Gasteiger partial charge in [-0.1, -0.05) is 42.5 Å². The number of carbonyl (C=O) groups is 1. The van der Waals surface area contributed by atoms with Crippen molar-refractivity contribution in [2.75, 3.05) is 12.4 Å².